The Morgan fingerprint density at radius 3 is 2.35 bits per heavy atom. The molecule has 1 unspecified atom stereocenters. The lowest BCUT2D eigenvalue weighted by atomic mass is 9.86. The summed E-state index contributed by atoms with van der Waals surface area (Å²) >= 11 is 0. The van der Waals surface area contributed by atoms with Crippen molar-refractivity contribution in [3.05, 3.63) is 35.9 Å². The highest BCUT2D eigenvalue weighted by Gasteiger charge is 2.36. The summed E-state index contributed by atoms with van der Waals surface area (Å²) in [6.07, 6.45) is 2.30. The first-order chi connectivity index (χ1) is 9.52. The molecule has 1 heterocycles. The predicted octanol–water partition coefficient (Wildman–Crippen LogP) is 4.07. The van der Waals surface area contributed by atoms with Crippen LogP contribution in [0.1, 0.15) is 52.0 Å². The Bertz CT molecular complexity index is 438. The van der Waals surface area contributed by atoms with Gasteiger partial charge in [-0.3, -0.25) is 4.79 Å². The van der Waals surface area contributed by atoms with E-state index in [1.165, 1.54) is 0 Å². The van der Waals surface area contributed by atoms with E-state index in [1.54, 1.807) is 0 Å². The first-order valence-corrected chi connectivity index (χ1v) is 7.87. The fourth-order valence-corrected chi connectivity index (χ4v) is 3.41. The average molecular weight is 273 g/mol. The molecule has 0 saturated carbocycles. The normalized spacial score (nSPS) is 20.7. The molecular formula is C18H27NO. The second kappa shape index (κ2) is 6.43. The third kappa shape index (κ3) is 3.05. The maximum Gasteiger partial charge on any atom is 0.230 e. The van der Waals surface area contributed by atoms with Gasteiger partial charge in [-0.05, 0) is 30.2 Å². The molecule has 0 bridgehead atoms. The molecule has 1 aliphatic heterocycles. The van der Waals surface area contributed by atoms with Gasteiger partial charge in [-0.15, -0.1) is 0 Å². The lowest BCUT2D eigenvalue weighted by molar-refractivity contribution is -0.135. The van der Waals surface area contributed by atoms with Gasteiger partial charge >= 0.3 is 0 Å². The van der Waals surface area contributed by atoms with Crippen molar-refractivity contribution in [2.24, 2.45) is 11.8 Å². The minimum atomic E-state index is -0.00412. The van der Waals surface area contributed by atoms with Crippen molar-refractivity contribution in [2.45, 2.75) is 52.5 Å². The number of carbonyl (C=O) groups is 1. The van der Waals surface area contributed by atoms with Crippen molar-refractivity contribution < 1.29 is 4.79 Å². The Morgan fingerprint density at radius 1 is 1.15 bits per heavy atom. The summed E-state index contributed by atoms with van der Waals surface area (Å²) in [6, 6.07) is 10.7. The van der Waals surface area contributed by atoms with Crippen LogP contribution in [0.15, 0.2) is 30.3 Å². The lowest BCUT2D eigenvalue weighted by Gasteiger charge is -2.32. The van der Waals surface area contributed by atoms with Crippen molar-refractivity contribution in [1.82, 2.24) is 4.90 Å². The van der Waals surface area contributed by atoms with Crippen LogP contribution in [0.2, 0.25) is 0 Å². The molecule has 1 aromatic rings. The van der Waals surface area contributed by atoms with Gasteiger partial charge in [0, 0.05) is 12.6 Å². The Hall–Kier alpha value is -1.31. The number of benzene rings is 1. The van der Waals surface area contributed by atoms with E-state index < -0.39 is 0 Å². The van der Waals surface area contributed by atoms with Crippen LogP contribution in [0.5, 0.6) is 0 Å². The van der Waals surface area contributed by atoms with Crippen LogP contribution in [0.25, 0.3) is 0 Å². The Labute approximate surface area is 123 Å². The van der Waals surface area contributed by atoms with Crippen LogP contribution in [0, 0.1) is 11.8 Å². The number of hydrogen-bond donors (Lipinski definition) is 0. The Morgan fingerprint density at radius 2 is 1.80 bits per heavy atom. The predicted molar refractivity (Wildman–Crippen MR) is 83.6 cm³/mol. The molecule has 1 amide bonds. The van der Waals surface area contributed by atoms with Crippen LogP contribution in [0.3, 0.4) is 0 Å². The molecule has 1 aliphatic rings. The highest BCUT2D eigenvalue weighted by Crippen LogP contribution is 2.32. The van der Waals surface area contributed by atoms with Crippen molar-refractivity contribution in [1.29, 1.82) is 0 Å². The molecule has 0 N–H and O–H groups in total. The maximum atomic E-state index is 13.0. The molecule has 1 aromatic carbocycles. The monoisotopic (exact) mass is 273 g/mol. The molecule has 1 fully saturated rings. The van der Waals surface area contributed by atoms with Crippen molar-refractivity contribution in [3.8, 4) is 0 Å². The number of amides is 1. The van der Waals surface area contributed by atoms with E-state index in [9.17, 15) is 4.79 Å². The number of hydrogen-bond acceptors (Lipinski definition) is 1. The molecule has 2 rings (SSSR count). The molecular weight excluding hydrogens is 246 g/mol. The number of nitrogens with zero attached hydrogens (tertiary/aromatic N) is 1. The molecule has 2 heteroatoms. The van der Waals surface area contributed by atoms with E-state index in [4.69, 9.17) is 0 Å². The van der Waals surface area contributed by atoms with Gasteiger partial charge in [-0.2, -0.15) is 0 Å². The van der Waals surface area contributed by atoms with Gasteiger partial charge < -0.3 is 4.90 Å². The smallest absolute Gasteiger partial charge is 0.230 e. The average Bonchev–Trinajstić information content (AvgIpc) is 2.89. The first kappa shape index (κ1) is 15.1. The summed E-state index contributed by atoms with van der Waals surface area (Å²) in [5.74, 6) is 1.20. The van der Waals surface area contributed by atoms with Crippen LogP contribution >= 0.6 is 0 Å². The fraction of sp³-hybridized carbons (Fsp3) is 0.611. The summed E-state index contributed by atoms with van der Waals surface area (Å²) in [5, 5.41) is 0. The van der Waals surface area contributed by atoms with Gasteiger partial charge in [0.2, 0.25) is 5.91 Å². The molecule has 0 aromatic heterocycles. The summed E-state index contributed by atoms with van der Waals surface area (Å²) in [6.45, 7) is 9.68. The van der Waals surface area contributed by atoms with E-state index in [2.05, 4.69) is 44.7 Å². The van der Waals surface area contributed by atoms with Crippen molar-refractivity contribution in [3.63, 3.8) is 0 Å². The first-order valence-electron chi connectivity index (χ1n) is 7.87. The quantitative estimate of drug-likeness (QED) is 0.809. The standard InChI is InChI=1S/C18H27NO/c1-13(2)16-11-8-12-19(16)18(20)17(14(3)4)15-9-6-5-7-10-15/h5-7,9-10,13-14,16-17H,8,11-12H2,1-4H3/t16-,17?/m0/s1. The molecule has 20 heavy (non-hydrogen) atoms. The van der Waals surface area contributed by atoms with Gasteiger partial charge in [0.05, 0.1) is 5.92 Å². The summed E-state index contributed by atoms with van der Waals surface area (Å²) in [4.78, 5) is 15.2. The van der Waals surface area contributed by atoms with E-state index >= 15 is 0 Å². The van der Waals surface area contributed by atoms with Gasteiger partial charge in [0.25, 0.3) is 0 Å². The third-order valence-corrected chi connectivity index (χ3v) is 4.44. The van der Waals surface area contributed by atoms with Crippen LogP contribution < -0.4 is 0 Å². The van der Waals surface area contributed by atoms with Crippen molar-refractivity contribution >= 4 is 5.91 Å². The molecule has 1 saturated heterocycles. The Balaban J connectivity index is 2.24. The highest BCUT2D eigenvalue weighted by molar-refractivity contribution is 5.84. The van der Waals surface area contributed by atoms with Gasteiger partial charge in [-0.1, -0.05) is 58.0 Å². The second-order valence-electron chi connectivity index (χ2n) is 6.62. The van der Waals surface area contributed by atoms with Crippen LogP contribution in [0.4, 0.5) is 0 Å². The SMILES string of the molecule is CC(C)C(C(=O)N1CCC[C@H]1C(C)C)c1ccccc1. The van der Waals surface area contributed by atoms with E-state index in [1.807, 2.05) is 18.2 Å². The number of likely N-dealkylation sites (tertiary alicyclic amines) is 1. The fourth-order valence-electron chi connectivity index (χ4n) is 3.41. The zero-order valence-corrected chi connectivity index (χ0v) is 13.2. The summed E-state index contributed by atoms with van der Waals surface area (Å²) in [5.41, 5.74) is 1.15. The molecule has 0 spiro atoms. The largest absolute Gasteiger partial charge is 0.339 e. The zero-order chi connectivity index (χ0) is 14.7. The molecule has 2 atom stereocenters. The molecule has 110 valence electrons. The minimum Gasteiger partial charge on any atom is -0.339 e. The van der Waals surface area contributed by atoms with E-state index in [0.29, 0.717) is 23.8 Å². The van der Waals surface area contributed by atoms with Crippen LogP contribution in [-0.4, -0.2) is 23.4 Å². The Kier molecular flexibility index (Phi) is 4.85. The summed E-state index contributed by atoms with van der Waals surface area (Å²) in [7, 11) is 0. The lowest BCUT2D eigenvalue weighted by Crippen LogP contribution is -2.42. The number of rotatable bonds is 4. The number of carbonyl (C=O) groups excluding carboxylic acids is 1. The molecule has 0 aliphatic carbocycles. The van der Waals surface area contributed by atoms with Crippen LogP contribution in [-0.2, 0) is 4.79 Å². The van der Waals surface area contributed by atoms with Gasteiger partial charge in [0.1, 0.15) is 0 Å². The minimum absolute atomic E-state index is 0.00412. The second-order valence-corrected chi connectivity index (χ2v) is 6.62. The topological polar surface area (TPSA) is 20.3 Å². The van der Waals surface area contributed by atoms with E-state index in [0.717, 1.165) is 24.9 Å². The third-order valence-electron chi connectivity index (χ3n) is 4.44. The zero-order valence-electron chi connectivity index (χ0n) is 13.2. The highest BCUT2D eigenvalue weighted by atomic mass is 16.2. The van der Waals surface area contributed by atoms with Crippen molar-refractivity contribution in [2.75, 3.05) is 6.54 Å². The molecule has 0 radical (unpaired) electrons. The van der Waals surface area contributed by atoms with Gasteiger partial charge in [0.15, 0.2) is 0 Å². The van der Waals surface area contributed by atoms with Gasteiger partial charge in [-0.25, -0.2) is 0 Å². The summed E-state index contributed by atoms with van der Waals surface area (Å²) < 4.78 is 0. The molecule has 2 nitrogen and oxygen atoms in total. The maximum absolute atomic E-state index is 13.0. The van der Waals surface area contributed by atoms with E-state index in [-0.39, 0.29) is 5.92 Å².